The van der Waals surface area contributed by atoms with Crippen LogP contribution in [0, 0.1) is 17.2 Å². The fraction of sp³-hybridized carbons (Fsp3) is 0.381. The molecule has 2 aliphatic rings. The summed E-state index contributed by atoms with van der Waals surface area (Å²) in [5.41, 5.74) is 2.29. The van der Waals surface area contributed by atoms with Crippen LogP contribution in [-0.2, 0) is 6.54 Å². The lowest BCUT2D eigenvalue weighted by molar-refractivity contribution is 0.0678. The number of aromatic nitrogens is 1. The van der Waals surface area contributed by atoms with Gasteiger partial charge in [0.25, 0.3) is 0 Å². The summed E-state index contributed by atoms with van der Waals surface area (Å²) in [6.45, 7) is 0.977. The van der Waals surface area contributed by atoms with Crippen molar-refractivity contribution in [2.75, 3.05) is 0 Å². The number of rotatable bonds is 4. The zero-order valence-corrected chi connectivity index (χ0v) is 14.1. The molecule has 1 aromatic carbocycles. The molecular formula is C21H21N3O. The van der Waals surface area contributed by atoms with Crippen molar-refractivity contribution in [3.05, 3.63) is 65.5 Å². The smallest absolute Gasteiger partial charge is 0.166 e. The second-order valence-corrected chi connectivity index (χ2v) is 7.12. The first-order valence-electron chi connectivity index (χ1n) is 8.94. The van der Waals surface area contributed by atoms with Crippen LogP contribution in [0.15, 0.2) is 48.7 Å². The molecule has 2 atom stereocenters. The van der Waals surface area contributed by atoms with Crippen LogP contribution in [0.2, 0.25) is 0 Å². The highest BCUT2D eigenvalue weighted by molar-refractivity contribution is 5.98. The number of pyridine rings is 1. The largest absolute Gasteiger partial charge is 0.294 e. The normalized spacial score (nSPS) is 25.5. The quantitative estimate of drug-likeness (QED) is 0.804. The van der Waals surface area contributed by atoms with E-state index in [1.54, 1.807) is 18.3 Å². The Labute approximate surface area is 148 Å². The SMILES string of the molecule is N#Cc1cc(C(=O)C2CC3CCC(C2)N3Cc2ccccc2)ccn1. The monoisotopic (exact) mass is 331 g/mol. The van der Waals surface area contributed by atoms with E-state index in [1.807, 2.05) is 12.1 Å². The zero-order chi connectivity index (χ0) is 17.2. The zero-order valence-electron chi connectivity index (χ0n) is 14.1. The molecule has 0 amide bonds. The maximum absolute atomic E-state index is 12.9. The number of nitriles is 1. The summed E-state index contributed by atoms with van der Waals surface area (Å²) in [6.07, 6.45) is 5.77. The predicted molar refractivity (Wildman–Crippen MR) is 94.8 cm³/mol. The molecule has 2 saturated heterocycles. The van der Waals surface area contributed by atoms with Crippen molar-refractivity contribution in [3.63, 3.8) is 0 Å². The van der Waals surface area contributed by atoms with Gasteiger partial charge in [-0.15, -0.1) is 0 Å². The Hall–Kier alpha value is -2.51. The molecule has 25 heavy (non-hydrogen) atoms. The molecule has 2 unspecified atom stereocenters. The molecule has 0 radical (unpaired) electrons. The summed E-state index contributed by atoms with van der Waals surface area (Å²) in [5, 5.41) is 8.99. The van der Waals surface area contributed by atoms with Crippen LogP contribution in [0.3, 0.4) is 0 Å². The third-order valence-electron chi connectivity index (χ3n) is 5.62. The Morgan fingerprint density at radius 2 is 1.88 bits per heavy atom. The molecule has 0 saturated carbocycles. The number of carbonyl (C=O) groups excluding carboxylic acids is 1. The number of hydrogen-bond donors (Lipinski definition) is 0. The van der Waals surface area contributed by atoms with Crippen LogP contribution in [-0.4, -0.2) is 27.8 Å². The minimum atomic E-state index is 0.0680. The van der Waals surface area contributed by atoms with Crippen LogP contribution in [0.1, 0.15) is 47.3 Å². The molecule has 4 nitrogen and oxygen atoms in total. The molecule has 126 valence electrons. The Kier molecular flexibility index (Phi) is 4.33. The first-order chi connectivity index (χ1) is 12.2. The highest BCUT2D eigenvalue weighted by Gasteiger charge is 2.42. The van der Waals surface area contributed by atoms with Crippen molar-refractivity contribution < 1.29 is 4.79 Å². The number of nitrogens with zero attached hydrogens (tertiary/aromatic N) is 3. The van der Waals surface area contributed by atoms with E-state index in [4.69, 9.17) is 5.26 Å². The summed E-state index contributed by atoms with van der Waals surface area (Å²) in [5.74, 6) is 0.244. The lowest BCUT2D eigenvalue weighted by atomic mass is 9.84. The van der Waals surface area contributed by atoms with Crippen molar-refractivity contribution in [2.24, 2.45) is 5.92 Å². The van der Waals surface area contributed by atoms with Gasteiger partial charge in [0.2, 0.25) is 0 Å². The predicted octanol–water partition coefficient (Wildman–Crippen LogP) is 3.58. The Balaban J connectivity index is 1.47. The Bertz CT molecular complexity index is 797. The number of piperidine rings is 1. The van der Waals surface area contributed by atoms with Crippen LogP contribution >= 0.6 is 0 Å². The molecule has 0 N–H and O–H groups in total. The average molecular weight is 331 g/mol. The van der Waals surface area contributed by atoms with E-state index in [-0.39, 0.29) is 11.7 Å². The summed E-state index contributed by atoms with van der Waals surface area (Å²) < 4.78 is 0. The van der Waals surface area contributed by atoms with E-state index in [1.165, 1.54) is 18.4 Å². The second-order valence-electron chi connectivity index (χ2n) is 7.12. The van der Waals surface area contributed by atoms with Gasteiger partial charge in [0.1, 0.15) is 11.8 Å². The molecule has 2 bridgehead atoms. The number of fused-ring (bicyclic) bond motifs is 2. The van der Waals surface area contributed by atoms with E-state index in [0.29, 0.717) is 23.3 Å². The van der Waals surface area contributed by atoms with Crippen molar-refractivity contribution in [3.8, 4) is 6.07 Å². The fourth-order valence-electron chi connectivity index (χ4n) is 4.42. The van der Waals surface area contributed by atoms with Crippen LogP contribution in [0.5, 0.6) is 0 Å². The molecule has 0 spiro atoms. The van der Waals surface area contributed by atoms with Gasteiger partial charge in [-0.25, -0.2) is 4.98 Å². The molecule has 1 aromatic heterocycles. The molecule has 4 heteroatoms. The third-order valence-corrected chi connectivity index (χ3v) is 5.62. The van der Waals surface area contributed by atoms with Gasteiger partial charge in [0, 0.05) is 36.3 Å². The number of hydrogen-bond acceptors (Lipinski definition) is 4. The van der Waals surface area contributed by atoms with Crippen molar-refractivity contribution in [1.29, 1.82) is 5.26 Å². The summed E-state index contributed by atoms with van der Waals surface area (Å²) in [6, 6.07) is 16.9. The van der Waals surface area contributed by atoms with Crippen LogP contribution in [0.25, 0.3) is 0 Å². The van der Waals surface area contributed by atoms with E-state index in [9.17, 15) is 4.79 Å². The highest BCUT2D eigenvalue weighted by Crippen LogP contribution is 2.40. The lowest BCUT2D eigenvalue weighted by Crippen LogP contribution is -2.44. The van der Waals surface area contributed by atoms with Gasteiger partial charge >= 0.3 is 0 Å². The Morgan fingerprint density at radius 3 is 2.56 bits per heavy atom. The standard InChI is InChI=1S/C21H21N3O/c22-13-18-10-16(8-9-23-18)21(25)17-11-19-6-7-20(12-17)24(19)14-15-4-2-1-3-5-15/h1-5,8-10,17,19-20H,6-7,11-12,14H2. The molecular weight excluding hydrogens is 310 g/mol. The van der Waals surface area contributed by atoms with Gasteiger partial charge in [-0.1, -0.05) is 30.3 Å². The second kappa shape index (κ2) is 6.78. The summed E-state index contributed by atoms with van der Waals surface area (Å²) in [4.78, 5) is 19.5. The van der Waals surface area contributed by atoms with Gasteiger partial charge < -0.3 is 0 Å². The molecule has 3 heterocycles. The minimum absolute atomic E-state index is 0.0680. The minimum Gasteiger partial charge on any atom is -0.294 e. The van der Waals surface area contributed by atoms with Gasteiger partial charge in [-0.05, 0) is 43.4 Å². The Morgan fingerprint density at radius 1 is 1.16 bits per heavy atom. The molecule has 2 aromatic rings. The molecule has 0 aliphatic carbocycles. The topological polar surface area (TPSA) is 57.0 Å². The van der Waals surface area contributed by atoms with E-state index >= 15 is 0 Å². The first-order valence-corrected chi connectivity index (χ1v) is 8.94. The van der Waals surface area contributed by atoms with Gasteiger partial charge in [-0.3, -0.25) is 9.69 Å². The maximum atomic E-state index is 12.9. The number of Topliss-reactive ketones (excluding diaryl/α,β-unsaturated/α-hetero) is 1. The van der Waals surface area contributed by atoms with E-state index < -0.39 is 0 Å². The summed E-state index contributed by atoms with van der Waals surface area (Å²) >= 11 is 0. The van der Waals surface area contributed by atoms with Crippen LogP contribution < -0.4 is 0 Å². The summed E-state index contributed by atoms with van der Waals surface area (Å²) in [7, 11) is 0. The van der Waals surface area contributed by atoms with Gasteiger partial charge in [0.05, 0.1) is 0 Å². The number of benzene rings is 1. The van der Waals surface area contributed by atoms with E-state index in [0.717, 1.165) is 19.4 Å². The molecule has 2 aliphatic heterocycles. The molecule has 2 fully saturated rings. The van der Waals surface area contributed by atoms with Crippen LogP contribution in [0.4, 0.5) is 0 Å². The lowest BCUT2D eigenvalue weighted by Gasteiger charge is -2.38. The van der Waals surface area contributed by atoms with Crippen molar-refractivity contribution in [1.82, 2.24) is 9.88 Å². The molecule has 4 rings (SSSR count). The van der Waals surface area contributed by atoms with E-state index in [2.05, 4.69) is 34.1 Å². The first kappa shape index (κ1) is 16.0. The van der Waals surface area contributed by atoms with Gasteiger partial charge in [-0.2, -0.15) is 5.26 Å². The number of ketones is 1. The van der Waals surface area contributed by atoms with Crippen molar-refractivity contribution in [2.45, 2.75) is 44.3 Å². The number of carbonyl (C=O) groups is 1. The average Bonchev–Trinajstić information content (AvgIpc) is 2.90. The maximum Gasteiger partial charge on any atom is 0.166 e. The van der Waals surface area contributed by atoms with Crippen molar-refractivity contribution >= 4 is 5.78 Å². The third kappa shape index (κ3) is 3.20. The fourth-order valence-corrected chi connectivity index (χ4v) is 4.42. The highest BCUT2D eigenvalue weighted by atomic mass is 16.1. The van der Waals surface area contributed by atoms with Gasteiger partial charge in [0.15, 0.2) is 5.78 Å².